The van der Waals surface area contributed by atoms with Gasteiger partial charge < -0.3 is 16.2 Å². The van der Waals surface area contributed by atoms with Crippen molar-refractivity contribution in [3.05, 3.63) is 53.1 Å². The van der Waals surface area contributed by atoms with Crippen molar-refractivity contribution in [3.8, 4) is 5.75 Å². The van der Waals surface area contributed by atoms with E-state index in [1.54, 1.807) is 43.5 Å². The predicted molar refractivity (Wildman–Crippen MR) is 76.4 cm³/mol. The first kappa shape index (κ1) is 13.0. The third-order valence-corrected chi connectivity index (χ3v) is 2.90. The highest BCUT2D eigenvalue weighted by Gasteiger charge is 2.11. The molecular formula is C15H16N2O2. The molecule has 0 atom stereocenters. The van der Waals surface area contributed by atoms with Crippen molar-refractivity contribution >= 4 is 17.2 Å². The topological polar surface area (TPSA) is 78.3 Å². The molecule has 19 heavy (non-hydrogen) atoms. The number of nitrogen functional groups attached to an aromatic ring is 2. The van der Waals surface area contributed by atoms with Gasteiger partial charge in [-0.15, -0.1) is 0 Å². The van der Waals surface area contributed by atoms with Crippen molar-refractivity contribution in [1.82, 2.24) is 0 Å². The fourth-order valence-corrected chi connectivity index (χ4v) is 1.99. The summed E-state index contributed by atoms with van der Waals surface area (Å²) in [6.45, 7) is 1.89. The number of aryl methyl sites for hydroxylation is 1. The Morgan fingerprint density at radius 1 is 1.00 bits per heavy atom. The minimum atomic E-state index is -0.107. The van der Waals surface area contributed by atoms with E-state index in [1.165, 1.54) is 0 Å². The Bertz CT molecular complexity index is 616. The van der Waals surface area contributed by atoms with Crippen LogP contribution in [-0.4, -0.2) is 12.9 Å². The number of anilines is 2. The fourth-order valence-electron chi connectivity index (χ4n) is 1.99. The average Bonchev–Trinajstić information content (AvgIpc) is 2.36. The zero-order valence-electron chi connectivity index (χ0n) is 10.9. The van der Waals surface area contributed by atoms with Crippen molar-refractivity contribution in [2.45, 2.75) is 6.92 Å². The number of carbonyl (C=O) groups is 1. The molecule has 4 heteroatoms. The van der Waals surface area contributed by atoms with Crippen molar-refractivity contribution in [1.29, 1.82) is 0 Å². The lowest BCUT2D eigenvalue weighted by atomic mass is 10.0. The van der Waals surface area contributed by atoms with Crippen LogP contribution in [-0.2, 0) is 0 Å². The summed E-state index contributed by atoms with van der Waals surface area (Å²) < 4.78 is 5.17. The van der Waals surface area contributed by atoms with E-state index in [0.29, 0.717) is 22.5 Å². The second kappa shape index (κ2) is 5.02. The van der Waals surface area contributed by atoms with E-state index in [2.05, 4.69) is 0 Å². The number of benzene rings is 2. The van der Waals surface area contributed by atoms with Gasteiger partial charge >= 0.3 is 0 Å². The summed E-state index contributed by atoms with van der Waals surface area (Å²) in [5.74, 6) is 0.647. The summed E-state index contributed by atoms with van der Waals surface area (Å²) in [4.78, 5) is 12.4. The lowest BCUT2D eigenvalue weighted by molar-refractivity contribution is 0.103. The Labute approximate surface area is 112 Å². The number of ether oxygens (including phenoxy) is 1. The monoisotopic (exact) mass is 256 g/mol. The molecule has 2 aromatic rings. The van der Waals surface area contributed by atoms with Gasteiger partial charge in [-0.05, 0) is 48.9 Å². The van der Waals surface area contributed by atoms with Crippen LogP contribution in [0.25, 0.3) is 0 Å². The first-order valence-electron chi connectivity index (χ1n) is 5.86. The Morgan fingerprint density at radius 2 is 1.63 bits per heavy atom. The van der Waals surface area contributed by atoms with E-state index in [0.717, 1.165) is 11.3 Å². The van der Waals surface area contributed by atoms with Gasteiger partial charge in [-0.1, -0.05) is 0 Å². The molecule has 0 aliphatic rings. The lowest BCUT2D eigenvalue weighted by Gasteiger charge is -2.08. The molecule has 0 unspecified atom stereocenters. The zero-order valence-corrected chi connectivity index (χ0v) is 10.9. The fraction of sp³-hybridized carbons (Fsp3) is 0.133. The molecule has 98 valence electrons. The van der Waals surface area contributed by atoms with E-state index in [-0.39, 0.29) is 5.78 Å². The van der Waals surface area contributed by atoms with Crippen LogP contribution in [0.2, 0.25) is 0 Å². The molecule has 0 fully saturated rings. The van der Waals surface area contributed by atoms with Crippen LogP contribution >= 0.6 is 0 Å². The van der Waals surface area contributed by atoms with Crippen molar-refractivity contribution in [2.24, 2.45) is 0 Å². The zero-order chi connectivity index (χ0) is 14.0. The summed E-state index contributed by atoms with van der Waals surface area (Å²) in [7, 11) is 1.60. The van der Waals surface area contributed by atoms with E-state index >= 15 is 0 Å². The number of methoxy groups -OCH3 is 1. The second-order valence-electron chi connectivity index (χ2n) is 4.40. The van der Waals surface area contributed by atoms with Gasteiger partial charge in [0.05, 0.1) is 7.11 Å². The molecule has 2 rings (SSSR count). The highest BCUT2D eigenvalue weighted by atomic mass is 16.5. The summed E-state index contributed by atoms with van der Waals surface area (Å²) in [6.07, 6.45) is 0. The number of ketones is 1. The molecule has 0 aliphatic carbocycles. The first-order chi connectivity index (χ1) is 9.01. The smallest absolute Gasteiger partial charge is 0.193 e. The molecule has 0 aromatic heterocycles. The summed E-state index contributed by atoms with van der Waals surface area (Å²) >= 11 is 0. The van der Waals surface area contributed by atoms with Gasteiger partial charge in [0.2, 0.25) is 0 Å². The SMILES string of the molecule is COc1ccc(C(=O)c2cc(N)cc(N)c2)cc1C. The van der Waals surface area contributed by atoms with Gasteiger partial charge in [0, 0.05) is 22.5 Å². The molecule has 0 aliphatic heterocycles. The van der Waals surface area contributed by atoms with Gasteiger partial charge in [-0.2, -0.15) is 0 Å². The van der Waals surface area contributed by atoms with Crippen molar-refractivity contribution in [2.75, 3.05) is 18.6 Å². The standard InChI is InChI=1S/C15H16N2O2/c1-9-5-10(3-4-14(9)19-2)15(18)11-6-12(16)8-13(17)7-11/h3-8H,16-17H2,1-2H3. The van der Waals surface area contributed by atoms with Gasteiger partial charge in [0.1, 0.15) is 5.75 Å². The van der Waals surface area contributed by atoms with Crippen LogP contribution in [0.1, 0.15) is 21.5 Å². The third-order valence-electron chi connectivity index (χ3n) is 2.90. The van der Waals surface area contributed by atoms with Crippen LogP contribution in [0.15, 0.2) is 36.4 Å². The predicted octanol–water partition coefficient (Wildman–Crippen LogP) is 2.40. The molecular weight excluding hydrogens is 240 g/mol. The molecule has 4 nitrogen and oxygen atoms in total. The quantitative estimate of drug-likeness (QED) is 0.653. The Balaban J connectivity index is 2.41. The second-order valence-corrected chi connectivity index (χ2v) is 4.40. The van der Waals surface area contributed by atoms with Gasteiger partial charge in [0.25, 0.3) is 0 Å². The van der Waals surface area contributed by atoms with Crippen LogP contribution in [0.4, 0.5) is 11.4 Å². The Morgan fingerprint density at radius 3 is 2.16 bits per heavy atom. The number of hydrogen-bond acceptors (Lipinski definition) is 4. The van der Waals surface area contributed by atoms with Crippen LogP contribution in [0.3, 0.4) is 0 Å². The largest absolute Gasteiger partial charge is 0.496 e. The molecule has 0 bridgehead atoms. The van der Waals surface area contributed by atoms with E-state index in [1.807, 2.05) is 6.92 Å². The highest BCUT2D eigenvalue weighted by Crippen LogP contribution is 2.22. The maximum absolute atomic E-state index is 12.4. The van der Waals surface area contributed by atoms with Crippen LogP contribution < -0.4 is 16.2 Å². The Hall–Kier alpha value is -2.49. The number of rotatable bonds is 3. The summed E-state index contributed by atoms with van der Waals surface area (Å²) in [5.41, 5.74) is 14.3. The average molecular weight is 256 g/mol. The molecule has 0 saturated heterocycles. The number of hydrogen-bond donors (Lipinski definition) is 2. The van der Waals surface area contributed by atoms with E-state index in [9.17, 15) is 4.79 Å². The Kier molecular flexibility index (Phi) is 3.42. The molecule has 4 N–H and O–H groups in total. The molecule has 0 spiro atoms. The van der Waals surface area contributed by atoms with Crippen LogP contribution in [0.5, 0.6) is 5.75 Å². The summed E-state index contributed by atoms with van der Waals surface area (Å²) in [5, 5.41) is 0. The lowest BCUT2D eigenvalue weighted by Crippen LogP contribution is -2.04. The summed E-state index contributed by atoms with van der Waals surface area (Å²) in [6, 6.07) is 10.2. The first-order valence-corrected chi connectivity index (χ1v) is 5.86. The van der Waals surface area contributed by atoms with Gasteiger partial charge in [-0.25, -0.2) is 0 Å². The third kappa shape index (κ3) is 2.68. The molecule has 0 amide bonds. The van der Waals surface area contributed by atoms with Crippen molar-refractivity contribution in [3.63, 3.8) is 0 Å². The minimum absolute atomic E-state index is 0.107. The molecule has 2 aromatic carbocycles. The van der Waals surface area contributed by atoms with E-state index < -0.39 is 0 Å². The number of nitrogens with two attached hydrogens (primary N) is 2. The maximum Gasteiger partial charge on any atom is 0.193 e. The molecule has 0 radical (unpaired) electrons. The normalized spacial score (nSPS) is 10.2. The van der Waals surface area contributed by atoms with Gasteiger partial charge in [0.15, 0.2) is 5.78 Å². The number of carbonyl (C=O) groups excluding carboxylic acids is 1. The minimum Gasteiger partial charge on any atom is -0.496 e. The van der Waals surface area contributed by atoms with E-state index in [4.69, 9.17) is 16.2 Å². The molecule has 0 saturated carbocycles. The van der Waals surface area contributed by atoms with Crippen LogP contribution in [0, 0.1) is 6.92 Å². The van der Waals surface area contributed by atoms with Gasteiger partial charge in [-0.3, -0.25) is 4.79 Å². The van der Waals surface area contributed by atoms with Crippen molar-refractivity contribution < 1.29 is 9.53 Å². The maximum atomic E-state index is 12.4. The molecule has 0 heterocycles. The highest BCUT2D eigenvalue weighted by molar-refractivity contribution is 6.10.